The predicted molar refractivity (Wildman–Crippen MR) is 73.3 cm³/mol. The van der Waals surface area contributed by atoms with Crippen molar-refractivity contribution in [3.8, 4) is 0 Å². The third kappa shape index (κ3) is 3.09. The molecular formula is C14H23NOS. The van der Waals surface area contributed by atoms with Crippen molar-refractivity contribution >= 4 is 11.3 Å². The van der Waals surface area contributed by atoms with E-state index in [0.29, 0.717) is 5.92 Å². The monoisotopic (exact) mass is 253 g/mol. The van der Waals surface area contributed by atoms with Gasteiger partial charge in [-0.15, -0.1) is 11.3 Å². The molecule has 1 unspecified atom stereocenters. The van der Waals surface area contributed by atoms with E-state index in [1.165, 1.54) is 0 Å². The van der Waals surface area contributed by atoms with Gasteiger partial charge in [-0.2, -0.15) is 0 Å². The summed E-state index contributed by atoms with van der Waals surface area (Å²) in [6.07, 6.45) is 1.96. The first-order valence-corrected chi connectivity index (χ1v) is 7.33. The van der Waals surface area contributed by atoms with E-state index in [-0.39, 0.29) is 11.6 Å². The van der Waals surface area contributed by atoms with Gasteiger partial charge in [0.25, 0.3) is 0 Å². The first-order valence-electron chi connectivity index (χ1n) is 6.45. The zero-order valence-corrected chi connectivity index (χ0v) is 11.8. The Morgan fingerprint density at radius 2 is 2.00 bits per heavy atom. The molecule has 2 heterocycles. The van der Waals surface area contributed by atoms with Crippen LogP contribution in [-0.2, 0) is 0 Å². The number of hydrogen-bond acceptors (Lipinski definition) is 3. The molecule has 1 aromatic heterocycles. The van der Waals surface area contributed by atoms with Gasteiger partial charge in [-0.1, -0.05) is 6.07 Å². The first kappa shape index (κ1) is 13.1. The Labute approximate surface area is 108 Å². The molecule has 1 N–H and O–H groups in total. The van der Waals surface area contributed by atoms with E-state index in [9.17, 15) is 5.11 Å². The maximum Gasteiger partial charge on any atom is 0.0910 e. The first-order chi connectivity index (χ1) is 7.98. The molecule has 1 aliphatic heterocycles. The minimum absolute atomic E-state index is 0.253. The van der Waals surface area contributed by atoms with Gasteiger partial charge >= 0.3 is 0 Å². The lowest BCUT2D eigenvalue weighted by atomic mass is 9.88. The molecule has 17 heavy (non-hydrogen) atoms. The van der Waals surface area contributed by atoms with Crippen LogP contribution in [0.5, 0.6) is 0 Å². The smallest absolute Gasteiger partial charge is 0.0910 e. The van der Waals surface area contributed by atoms with E-state index in [0.717, 1.165) is 30.8 Å². The second kappa shape index (κ2) is 5.09. The molecule has 0 bridgehead atoms. The Kier molecular flexibility index (Phi) is 3.91. The molecule has 0 saturated carbocycles. The summed E-state index contributed by atoms with van der Waals surface area (Å²) in [5.74, 6) is 0.437. The minimum Gasteiger partial charge on any atom is -0.387 e. The van der Waals surface area contributed by atoms with Crippen molar-refractivity contribution in [1.29, 1.82) is 0 Å². The Morgan fingerprint density at radius 1 is 1.35 bits per heavy atom. The van der Waals surface area contributed by atoms with Crippen LogP contribution in [0, 0.1) is 5.92 Å². The lowest BCUT2D eigenvalue weighted by Gasteiger charge is -2.41. The minimum atomic E-state index is -0.253. The molecule has 0 amide bonds. The lowest BCUT2D eigenvalue weighted by molar-refractivity contribution is 0.0294. The molecule has 1 saturated heterocycles. The molecule has 0 aromatic carbocycles. The summed E-state index contributed by atoms with van der Waals surface area (Å²) in [6.45, 7) is 9.02. The van der Waals surface area contributed by atoms with Crippen LogP contribution < -0.4 is 0 Å². The SMILES string of the molecule is CC(C)(C)N1CCC(C(O)c2cccs2)CC1. The zero-order valence-electron chi connectivity index (χ0n) is 11.0. The van der Waals surface area contributed by atoms with Gasteiger partial charge in [0.1, 0.15) is 0 Å². The van der Waals surface area contributed by atoms with Gasteiger partial charge in [-0.05, 0) is 64.1 Å². The number of hydrogen-bond donors (Lipinski definition) is 1. The molecule has 96 valence electrons. The van der Waals surface area contributed by atoms with E-state index in [1.807, 2.05) is 17.5 Å². The van der Waals surface area contributed by atoms with Crippen LogP contribution in [0.15, 0.2) is 17.5 Å². The van der Waals surface area contributed by atoms with E-state index in [1.54, 1.807) is 11.3 Å². The van der Waals surface area contributed by atoms with E-state index < -0.39 is 0 Å². The Bertz CT molecular complexity index is 334. The highest BCUT2D eigenvalue weighted by Crippen LogP contribution is 2.34. The van der Waals surface area contributed by atoms with Crippen LogP contribution >= 0.6 is 11.3 Å². The van der Waals surface area contributed by atoms with Crippen molar-refractivity contribution in [3.63, 3.8) is 0 Å². The standard InChI is InChI=1S/C14H23NOS/c1-14(2,3)15-8-6-11(7-9-15)13(16)12-5-4-10-17-12/h4-5,10-11,13,16H,6-9H2,1-3H3. The van der Waals surface area contributed by atoms with Crippen molar-refractivity contribution in [3.05, 3.63) is 22.4 Å². The van der Waals surface area contributed by atoms with Gasteiger partial charge in [0, 0.05) is 10.4 Å². The third-order valence-corrected chi connectivity index (χ3v) is 4.71. The molecule has 1 fully saturated rings. The molecule has 1 aliphatic rings. The molecule has 2 nitrogen and oxygen atoms in total. The van der Waals surface area contributed by atoms with E-state index in [2.05, 4.69) is 25.7 Å². The van der Waals surface area contributed by atoms with Crippen molar-refractivity contribution in [2.45, 2.75) is 45.3 Å². The summed E-state index contributed by atoms with van der Waals surface area (Å²) in [6, 6.07) is 4.07. The maximum absolute atomic E-state index is 10.3. The summed E-state index contributed by atoms with van der Waals surface area (Å²) in [5.41, 5.74) is 0.263. The number of nitrogens with zero attached hydrogens (tertiary/aromatic N) is 1. The summed E-state index contributed by atoms with van der Waals surface area (Å²) in [5, 5.41) is 12.4. The van der Waals surface area contributed by atoms with E-state index in [4.69, 9.17) is 0 Å². The fraction of sp³-hybridized carbons (Fsp3) is 0.714. The van der Waals surface area contributed by atoms with Crippen LogP contribution in [0.4, 0.5) is 0 Å². The average Bonchev–Trinajstić information content (AvgIpc) is 2.80. The second-order valence-electron chi connectivity index (χ2n) is 5.96. The summed E-state index contributed by atoms with van der Waals surface area (Å²) in [4.78, 5) is 3.64. The van der Waals surface area contributed by atoms with Crippen molar-refractivity contribution in [2.75, 3.05) is 13.1 Å². The topological polar surface area (TPSA) is 23.5 Å². The van der Waals surface area contributed by atoms with Gasteiger partial charge in [0.05, 0.1) is 6.10 Å². The molecular weight excluding hydrogens is 230 g/mol. The largest absolute Gasteiger partial charge is 0.387 e. The molecule has 2 rings (SSSR count). The molecule has 0 aliphatic carbocycles. The van der Waals surface area contributed by atoms with Crippen molar-refractivity contribution in [2.24, 2.45) is 5.92 Å². The molecule has 1 atom stereocenters. The van der Waals surface area contributed by atoms with Gasteiger partial charge in [-0.3, -0.25) is 4.90 Å². The Hall–Kier alpha value is -0.380. The number of piperidine rings is 1. The van der Waals surface area contributed by atoms with Gasteiger partial charge in [-0.25, -0.2) is 0 Å². The average molecular weight is 253 g/mol. The molecule has 1 aromatic rings. The van der Waals surface area contributed by atoms with Gasteiger partial charge in [0.15, 0.2) is 0 Å². The second-order valence-corrected chi connectivity index (χ2v) is 6.93. The van der Waals surface area contributed by atoms with Crippen LogP contribution in [0.3, 0.4) is 0 Å². The van der Waals surface area contributed by atoms with Crippen LogP contribution in [-0.4, -0.2) is 28.6 Å². The van der Waals surface area contributed by atoms with Crippen LogP contribution in [0.1, 0.15) is 44.6 Å². The number of likely N-dealkylation sites (tertiary alicyclic amines) is 1. The highest BCUT2D eigenvalue weighted by atomic mass is 32.1. The number of rotatable bonds is 2. The fourth-order valence-electron chi connectivity index (χ4n) is 2.58. The lowest BCUT2D eigenvalue weighted by Crippen LogP contribution is -2.46. The van der Waals surface area contributed by atoms with Gasteiger partial charge in [0.2, 0.25) is 0 Å². The predicted octanol–water partition coefficient (Wildman–Crippen LogP) is 3.29. The third-order valence-electron chi connectivity index (χ3n) is 3.77. The van der Waals surface area contributed by atoms with Crippen molar-refractivity contribution in [1.82, 2.24) is 4.90 Å². The van der Waals surface area contributed by atoms with Crippen LogP contribution in [0.2, 0.25) is 0 Å². The number of aliphatic hydroxyl groups is 1. The Morgan fingerprint density at radius 3 is 2.47 bits per heavy atom. The highest BCUT2D eigenvalue weighted by Gasteiger charge is 2.30. The highest BCUT2D eigenvalue weighted by molar-refractivity contribution is 7.10. The molecule has 3 heteroatoms. The van der Waals surface area contributed by atoms with Crippen LogP contribution in [0.25, 0.3) is 0 Å². The fourth-order valence-corrected chi connectivity index (χ4v) is 3.38. The quantitative estimate of drug-likeness (QED) is 0.874. The van der Waals surface area contributed by atoms with Crippen molar-refractivity contribution < 1.29 is 5.11 Å². The summed E-state index contributed by atoms with van der Waals surface area (Å²) < 4.78 is 0. The number of aliphatic hydroxyl groups excluding tert-OH is 1. The maximum atomic E-state index is 10.3. The van der Waals surface area contributed by atoms with Gasteiger partial charge < -0.3 is 5.11 Å². The van der Waals surface area contributed by atoms with E-state index >= 15 is 0 Å². The zero-order chi connectivity index (χ0) is 12.5. The Balaban J connectivity index is 1.91. The summed E-state index contributed by atoms with van der Waals surface area (Å²) >= 11 is 1.67. The molecule has 0 radical (unpaired) electrons. The summed E-state index contributed by atoms with van der Waals surface area (Å²) in [7, 11) is 0. The molecule has 0 spiro atoms. The number of thiophene rings is 1. The normalized spacial score (nSPS) is 21.6.